The van der Waals surface area contributed by atoms with Gasteiger partial charge in [0.05, 0.1) is 12.2 Å². The van der Waals surface area contributed by atoms with Gasteiger partial charge in [-0.05, 0) is 37.6 Å². The van der Waals surface area contributed by atoms with Crippen LogP contribution in [0.1, 0.15) is 17.0 Å². The van der Waals surface area contributed by atoms with Crippen molar-refractivity contribution in [2.75, 3.05) is 0 Å². The maximum atomic E-state index is 13.3. The summed E-state index contributed by atoms with van der Waals surface area (Å²) in [4.78, 5) is 42.0. The van der Waals surface area contributed by atoms with Gasteiger partial charge in [-0.25, -0.2) is 14.0 Å². The van der Waals surface area contributed by atoms with Crippen LogP contribution in [0.15, 0.2) is 39.9 Å². The Balaban J connectivity index is 2.07. The van der Waals surface area contributed by atoms with Gasteiger partial charge in [0, 0.05) is 17.8 Å². The van der Waals surface area contributed by atoms with Crippen LogP contribution in [-0.2, 0) is 24.9 Å². The highest BCUT2D eigenvalue weighted by Crippen LogP contribution is 2.20. The number of rotatable bonds is 5. The fourth-order valence-corrected chi connectivity index (χ4v) is 3.70. The predicted octanol–water partition coefficient (Wildman–Crippen LogP) is 0.886. The van der Waals surface area contributed by atoms with Gasteiger partial charge in [-0.1, -0.05) is 23.7 Å². The van der Waals surface area contributed by atoms with Crippen LogP contribution in [0.3, 0.4) is 0 Å². The molecule has 0 aliphatic heterocycles. The average Bonchev–Trinajstić information content (AvgIpc) is 3.24. The molecule has 0 bridgehead atoms. The second-order valence-corrected chi connectivity index (χ2v) is 7.77. The Morgan fingerprint density at radius 3 is 2.39 bits per heavy atom. The number of halogens is 1. The third-order valence-electron chi connectivity index (χ3n) is 4.98. The molecule has 4 rings (SSSR count). The number of amides is 1. The zero-order valence-electron chi connectivity index (χ0n) is 17.2. The molecule has 1 aromatic carbocycles. The van der Waals surface area contributed by atoms with E-state index >= 15 is 0 Å². The molecule has 0 saturated heterocycles. The van der Waals surface area contributed by atoms with Crippen molar-refractivity contribution in [2.24, 2.45) is 12.8 Å². The molecule has 2 N–H and O–H groups in total. The number of hydrogen-bond acceptors (Lipinski definition) is 5. The van der Waals surface area contributed by atoms with Crippen LogP contribution in [0.4, 0.5) is 0 Å². The minimum Gasteiger partial charge on any atom is -0.368 e. The summed E-state index contributed by atoms with van der Waals surface area (Å²) in [6.45, 7) is 3.47. The number of fused-ring (bicyclic) bond motifs is 1. The Morgan fingerprint density at radius 1 is 1.13 bits per heavy atom. The quantitative estimate of drug-likeness (QED) is 0.492. The fraction of sp³-hybridized carbons (Fsp3) is 0.250. The number of benzene rings is 1. The number of carbonyl (C=O) groups is 1. The van der Waals surface area contributed by atoms with E-state index in [9.17, 15) is 14.4 Å². The number of aromatic nitrogens is 6. The Kier molecular flexibility index (Phi) is 5.02. The second kappa shape index (κ2) is 7.55. The van der Waals surface area contributed by atoms with E-state index in [0.717, 1.165) is 21.5 Å². The Labute approximate surface area is 181 Å². The van der Waals surface area contributed by atoms with Gasteiger partial charge in [-0.2, -0.15) is 10.1 Å². The Morgan fingerprint density at radius 2 is 1.81 bits per heavy atom. The lowest BCUT2D eigenvalue weighted by Gasteiger charge is -2.11. The summed E-state index contributed by atoms with van der Waals surface area (Å²) < 4.78 is 5.34. The molecule has 0 fully saturated rings. The van der Waals surface area contributed by atoms with E-state index < -0.39 is 23.7 Å². The molecular weight excluding hydrogens is 422 g/mol. The second-order valence-electron chi connectivity index (χ2n) is 7.33. The molecule has 160 valence electrons. The minimum atomic E-state index is -0.791. The maximum Gasteiger partial charge on any atom is 0.332 e. The minimum absolute atomic E-state index is 0.167. The number of nitrogens with two attached hydrogens (primary N) is 1. The molecule has 0 spiro atoms. The molecule has 0 aliphatic carbocycles. The van der Waals surface area contributed by atoms with Gasteiger partial charge in [0.2, 0.25) is 11.9 Å². The predicted molar refractivity (Wildman–Crippen MR) is 116 cm³/mol. The number of hydrogen-bond donors (Lipinski definition) is 1. The van der Waals surface area contributed by atoms with Gasteiger partial charge in [-0.15, -0.1) is 0 Å². The third-order valence-corrected chi connectivity index (χ3v) is 5.23. The molecule has 11 heteroatoms. The summed E-state index contributed by atoms with van der Waals surface area (Å²) in [5.74, 6) is -0.416. The summed E-state index contributed by atoms with van der Waals surface area (Å²) in [6, 6.07) is 9.06. The maximum absolute atomic E-state index is 13.3. The molecule has 0 saturated carbocycles. The van der Waals surface area contributed by atoms with E-state index in [1.165, 1.54) is 11.6 Å². The van der Waals surface area contributed by atoms with Crippen LogP contribution >= 0.6 is 11.6 Å². The van der Waals surface area contributed by atoms with Crippen molar-refractivity contribution in [3.05, 3.63) is 73.1 Å². The molecule has 3 heterocycles. The largest absolute Gasteiger partial charge is 0.368 e. The van der Waals surface area contributed by atoms with Crippen molar-refractivity contribution >= 4 is 28.7 Å². The number of primary amides is 1. The highest BCUT2D eigenvalue weighted by atomic mass is 35.5. The first-order valence-corrected chi connectivity index (χ1v) is 9.81. The smallest absolute Gasteiger partial charge is 0.332 e. The van der Waals surface area contributed by atoms with Crippen molar-refractivity contribution < 1.29 is 4.79 Å². The highest BCUT2D eigenvalue weighted by molar-refractivity contribution is 6.30. The van der Waals surface area contributed by atoms with Crippen LogP contribution in [0.2, 0.25) is 5.02 Å². The molecule has 4 aromatic rings. The van der Waals surface area contributed by atoms with E-state index in [2.05, 4.69) is 10.1 Å². The SMILES string of the molecule is Cc1cc(C)n(-c2nc3c(c(=O)n(CC(N)=O)c(=O)n3C)n2Cc2ccc(Cl)cc2)n1. The van der Waals surface area contributed by atoms with E-state index in [-0.39, 0.29) is 17.7 Å². The lowest BCUT2D eigenvalue weighted by Crippen LogP contribution is -2.42. The summed E-state index contributed by atoms with van der Waals surface area (Å²) in [7, 11) is 1.49. The van der Waals surface area contributed by atoms with Crippen LogP contribution < -0.4 is 17.0 Å². The van der Waals surface area contributed by atoms with Crippen molar-refractivity contribution in [3.8, 4) is 5.95 Å². The van der Waals surface area contributed by atoms with E-state index in [1.54, 1.807) is 21.4 Å². The van der Waals surface area contributed by atoms with Crippen LogP contribution in [-0.4, -0.2) is 34.4 Å². The first-order chi connectivity index (χ1) is 14.7. The molecule has 0 unspecified atom stereocenters. The summed E-state index contributed by atoms with van der Waals surface area (Å²) in [5, 5.41) is 5.07. The topological polar surface area (TPSA) is 123 Å². The van der Waals surface area contributed by atoms with Crippen LogP contribution in [0.25, 0.3) is 17.1 Å². The lowest BCUT2D eigenvalue weighted by molar-refractivity contribution is -0.118. The van der Waals surface area contributed by atoms with E-state index in [4.69, 9.17) is 17.3 Å². The van der Waals surface area contributed by atoms with E-state index in [0.29, 0.717) is 11.0 Å². The molecular formula is C20H20ClN7O3. The highest BCUT2D eigenvalue weighted by Gasteiger charge is 2.23. The van der Waals surface area contributed by atoms with Gasteiger partial charge in [-0.3, -0.25) is 18.7 Å². The fourth-order valence-electron chi connectivity index (χ4n) is 3.57. The molecule has 10 nitrogen and oxygen atoms in total. The van der Waals surface area contributed by atoms with Crippen molar-refractivity contribution in [3.63, 3.8) is 0 Å². The van der Waals surface area contributed by atoms with Crippen LogP contribution in [0, 0.1) is 13.8 Å². The van der Waals surface area contributed by atoms with Gasteiger partial charge in [0.15, 0.2) is 11.2 Å². The normalized spacial score (nSPS) is 11.4. The van der Waals surface area contributed by atoms with Gasteiger partial charge in [0.1, 0.15) is 6.54 Å². The molecule has 0 aliphatic rings. The zero-order valence-corrected chi connectivity index (χ0v) is 17.9. The van der Waals surface area contributed by atoms with Gasteiger partial charge >= 0.3 is 5.69 Å². The molecule has 31 heavy (non-hydrogen) atoms. The number of aryl methyl sites for hydroxylation is 3. The summed E-state index contributed by atoms with van der Waals surface area (Å²) >= 11 is 6.00. The monoisotopic (exact) mass is 441 g/mol. The third kappa shape index (κ3) is 3.55. The Hall–Kier alpha value is -3.66. The standard InChI is InChI=1S/C20H20ClN7O3/c1-11-8-12(2)28(24-11)19-23-17-16(26(19)9-13-4-6-14(21)7-5-13)18(30)27(10-15(22)29)20(31)25(17)3/h4-8H,9-10H2,1-3H3,(H2,22,29). The molecule has 0 atom stereocenters. The summed E-state index contributed by atoms with van der Waals surface area (Å²) in [5.41, 5.74) is 6.74. The lowest BCUT2D eigenvalue weighted by atomic mass is 10.2. The number of nitrogens with zero attached hydrogens (tertiary/aromatic N) is 6. The molecule has 0 radical (unpaired) electrons. The number of imidazole rings is 1. The summed E-state index contributed by atoms with van der Waals surface area (Å²) in [6.07, 6.45) is 0. The van der Waals surface area contributed by atoms with Crippen molar-refractivity contribution in [2.45, 2.75) is 26.9 Å². The zero-order chi connectivity index (χ0) is 22.4. The first kappa shape index (κ1) is 20.6. The van der Waals surface area contributed by atoms with Crippen LogP contribution in [0.5, 0.6) is 0 Å². The van der Waals surface area contributed by atoms with E-state index in [1.807, 2.05) is 32.0 Å². The first-order valence-electron chi connectivity index (χ1n) is 9.44. The number of carbonyl (C=O) groups excluding carboxylic acids is 1. The van der Waals surface area contributed by atoms with Crippen molar-refractivity contribution in [1.82, 2.24) is 28.5 Å². The van der Waals surface area contributed by atoms with Gasteiger partial charge in [0.25, 0.3) is 5.56 Å². The van der Waals surface area contributed by atoms with Gasteiger partial charge < -0.3 is 5.73 Å². The van der Waals surface area contributed by atoms with Crippen molar-refractivity contribution in [1.29, 1.82) is 0 Å². The Bertz CT molecular complexity index is 1440. The average molecular weight is 442 g/mol. The molecule has 3 aromatic heterocycles. The molecule has 1 amide bonds.